The van der Waals surface area contributed by atoms with E-state index in [1.54, 1.807) is 12.4 Å². The maximum absolute atomic E-state index is 12.8. The van der Waals surface area contributed by atoms with Crippen molar-refractivity contribution in [1.82, 2.24) is 30.1 Å². The maximum Gasteiger partial charge on any atom is 0.306 e. The number of piperidine rings is 2. The van der Waals surface area contributed by atoms with Crippen LogP contribution in [0.4, 0.5) is 0 Å². The molecule has 2 fully saturated rings. The van der Waals surface area contributed by atoms with Crippen molar-refractivity contribution in [2.45, 2.75) is 70.0 Å². The van der Waals surface area contributed by atoms with Crippen LogP contribution in [0, 0.1) is 11.8 Å². The van der Waals surface area contributed by atoms with Crippen LogP contribution in [0.5, 0.6) is 0 Å². The molecule has 3 aromatic heterocycles. The number of carbonyl (C=O) groups is 2. The Morgan fingerprint density at radius 3 is 1.64 bits per heavy atom. The van der Waals surface area contributed by atoms with E-state index in [1.165, 1.54) is 33.4 Å². The summed E-state index contributed by atoms with van der Waals surface area (Å²) in [5, 5.41) is 13.9. The molecule has 0 saturated carbocycles. The van der Waals surface area contributed by atoms with Gasteiger partial charge in [0.15, 0.2) is 0 Å². The SMILES string of the molecule is O=C(NCc1cccnc1)C1CCN(C2c3ccc(Cl)cc3CCc3cc(Br)cnc32)CC1.O=C(O)C1CCN(C2c3ccc(Cl)cc3CCc3cc(Br)cnc32)CC1. The molecular weight excluding hydrogens is 915 g/mol. The van der Waals surface area contributed by atoms with Crippen molar-refractivity contribution in [3.8, 4) is 0 Å². The number of carboxylic acids is 1. The van der Waals surface area contributed by atoms with Crippen molar-refractivity contribution >= 4 is 66.9 Å². The molecule has 2 N–H and O–H groups in total. The fraction of sp³-hybridized carbons (Fsp3) is 0.370. The number of hydrogen-bond donors (Lipinski definition) is 2. The number of aryl methyl sites for hydroxylation is 4. The van der Waals surface area contributed by atoms with Gasteiger partial charge in [-0.05, 0) is 191 Å². The van der Waals surface area contributed by atoms with Crippen LogP contribution in [-0.2, 0) is 41.8 Å². The summed E-state index contributed by atoms with van der Waals surface area (Å²) in [7, 11) is 0. The van der Waals surface area contributed by atoms with Crippen molar-refractivity contribution in [2.75, 3.05) is 26.2 Å². The predicted octanol–water partition coefficient (Wildman–Crippen LogP) is 9.59. The molecule has 2 atom stereocenters. The standard InChI is InChI=1S/C26H26BrClN4O.C20H20BrClN2O2/c27-21-12-20-4-3-19-13-22(28)5-6-23(19)25(24(20)30-16-21)32-10-7-18(8-11-32)26(33)31-15-17-2-1-9-29-14-17;21-15-9-14-2-1-13-10-16(22)3-4-17(13)19(18(14)23-11-15)24-7-5-12(6-8-24)20(25)26/h1-2,5-6,9,12-14,16,18,25H,3-4,7-8,10-11,15H2,(H,31,33);3-4,9-12,19H,1-2,5-8H2,(H,25,26). The van der Waals surface area contributed by atoms with Gasteiger partial charge in [0, 0.05) is 56.2 Å². The molecule has 2 aliphatic carbocycles. The highest BCUT2D eigenvalue weighted by atomic mass is 79.9. The first-order valence-electron chi connectivity index (χ1n) is 20.3. The maximum atomic E-state index is 12.8. The summed E-state index contributed by atoms with van der Waals surface area (Å²) in [5.41, 5.74) is 10.8. The fourth-order valence-corrected chi connectivity index (χ4v) is 10.4. The zero-order valence-corrected chi connectivity index (χ0v) is 37.3. The molecule has 4 aliphatic rings. The quantitative estimate of drug-likeness (QED) is 0.173. The lowest BCUT2D eigenvalue weighted by Crippen LogP contribution is -2.42. The summed E-state index contributed by atoms with van der Waals surface area (Å²) in [6.07, 6.45) is 14.1. The number of aliphatic carboxylic acids is 1. The number of carboxylic acid groups (broad SMARTS) is 1. The van der Waals surface area contributed by atoms with Gasteiger partial charge in [0.25, 0.3) is 0 Å². The number of benzene rings is 2. The molecule has 0 radical (unpaired) electrons. The third-order valence-corrected chi connectivity index (χ3v) is 13.6. The molecule has 2 saturated heterocycles. The van der Waals surface area contributed by atoms with Crippen LogP contribution in [0.3, 0.4) is 0 Å². The lowest BCUT2D eigenvalue weighted by atomic mass is 9.91. The highest BCUT2D eigenvalue weighted by molar-refractivity contribution is 9.10. The molecule has 2 unspecified atom stereocenters. The second kappa shape index (κ2) is 18.9. The summed E-state index contributed by atoms with van der Waals surface area (Å²) in [5.74, 6) is -0.751. The van der Waals surface area contributed by atoms with Gasteiger partial charge in [-0.1, -0.05) is 41.4 Å². The molecule has 306 valence electrons. The van der Waals surface area contributed by atoms with Crippen molar-refractivity contribution in [3.05, 3.63) is 155 Å². The van der Waals surface area contributed by atoms with E-state index in [4.69, 9.17) is 33.2 Å². The van der Waals surface area contributed by atoms with E-state index in [2.05, 4.69) is 88.4 Å². The minimum absolute atomic E-state index is 0.0331. The third kappa shape index (κ3) is 9.77. The highest BCUT2D eigenvalue weighted by Gasteiger charge is 2.36. The second-order valence-electron chi connectivity index (χ2n) is 15.9. The monoisotopic (exact) mass is 958 g/mol. The Hall–Kier alpha value is -3.71. The second-order valence-corrected chi connectivity index (χ2v) is 18.6. The molecule has 9 rings (SSSR count). The van der Waals surface area contributed by atoms with E-state index in [0.717, 1.165) is 101 Å². The van der Waals surface area contributed by atoms with E-state index in [0.29, 0.717) is 19.4 Å². The number of pyridine rings is 3. The molecule has 9 nitrogen and oxygen atoms in total. The first kappa shape index (κ1) is 42.0. The first-order valence-corrected chi connectivity index (χ1v) is 22.7. The van der Waals surface area contributed by atoms with Gasteiger partial charge in [-0.15, -0.1) is 0 Å². The van der Waals surface area contributed by atoms with E-state index in [-0.39, 0.29) is 29.8 Å². The summed E-state index contributed by atoms with van der Waals surface area (Å²) in [6.45, 7) is 3.77. The predicted molar refractivity (Wildman–Crippen MR) is 238 cm³/mol. The normalized spacial score (nSPS) is 19.7. The number of nitrogens with one attached hydrogen (secondary N) is 1. The number of aromatic nitrogens is 3. The van der Waals surface area contributed by atoms with E-state index >= 15 is 0 Å². The van der Waals surface area contributed by atoms with Crippen LogP contribution in [0.25, 0.3) is 0 Å². The lowest BCUT2D eigenvalue weighted by Gasteiger charge is -2.37. The van der Waals surface area contributed by atoms with Crippen molar-refractivity contribution in [2.24, 2.45) is 11.8 Å². The van der Waals surface area contributed by atoms with Crippen LogP contribution >= 0.6 is 55.1 Å². The molecule has 2 aromatic carbocycles. The molecule has 2 aliphatic heterocycles. The molecule has 5 aromatic rings. The molecule has 0 spiro atoms. The van der Waals surface area contributed by atoms with Gasteiger partial charge < -0.3 is 10.4 Å². The average Bonchev–Trinajstić information content (AvgIpc) is 3.50. The molecular formula is C46H46Br2Cl2N6O3. The highest BCUT2D eigenvalue weighted by Crippen LogP contribution is 2.41. The smallest absolute Gasteiger partial charge is 0.306 e. The fourth-order valence-electron chi connectivity index (χ4n) is 9.22. The van der Waals surface area contributed by atoms with E-state index in [9.17, 15) is 14.7 Å². The lowest BCUT2D eigenvalue weighted by molar-refractivity contribution is -0.143. The van der Waals surface area contributed by atoms with Crippen molar-refractivity contribution in [3.63, 3.8) is 0 Å². The number of likely N-dealkylation sites (tertiary alicyclic amines) is 2. The van der Waals surface area contributed by atoms with Gasteiger partial charge in [-0.3, -0.25) is 34.3 Å². The minimum Gasteiger partial charge on any atom is -0.481 e. The largest absolute Gasteiger partial charge is 0.481 e. The Labute approximate surface area is 372 Å². The summed E-state index contributed by atoms with van der Waals surface area (Å²) in [4.78, 5) is 42.7. The summed E-state index contributed by atoms with van der Waals surface area (Å²) >= 11 is 19.7. The summed E-state index contributed by atoms with van der Waals surface area (Å²) in [6, 6.07) is 20.7. The Bertz CT molecular complexity index is 2210. The summed E-state index contributed by atoms with van der Waals surface area (Å²) < 4.78 is 2.00. The van der Waals surface area contributed by atoms with Crippen molar-refractivity contribution in [1.29, 1.82) is 0 Å². The number of amides is 1. The Balaban J connectivity index is 0.000000169. The number of halogens is 4. The molecule has 13 heteroatoms. The van der Waals surface area contributed by atoms with E-state index < -0.39 is 5.97 Å². The molecule has 59 heavy (non-hydrogen) atoms. The average molecular weight is 962 g/mol. The van der Waals surface area contributed by atoms with Crippen LogP contribution in [0.1, 0.15) is 88.1 Å². The Kier molecular flexibility index (Phi) is 13.5. The van der Waals surface area contributed by atoms with Gasteiger partial charge >= 0.3 is 5.97 Å². The van der Waals surface area contributed by atoms with Crippen molar-refractivity contribution < 1.29 is 14.7 Å². The van der Waals surface area contributed by atoms with E-state index in [1.807, 2.05) is 36.7 Å². The Morgan fingerprint density at radius 2 is 1.17 bits per heavy atom. The zero-order valence-electron chi connectivity index (χ0n) is 32.6. The minimum atomic E-state index is -0.680. The number of nitrogens with zero attached hydrogens (tertiary/aromatic N) is 5. The zero-order chi connectivity index (χ0) is 41.0. The van der Waals surface area contributed by atoms with Gasteiger partial charge in [-0.25, -0.2) is 0 Å². The van der Waals surface area contributed by atoms with Crippen LogP contribution < -0.4 is 5.32 Å². The molecule has 5 heterocycles. The number of fused-ring (bicyclic) bond motifs is 4. The Morgan fingerprint density at radius 1 is 0.678 bits per heavy atom. The molecule has 0 bridgehead atoms. The third-order valence-electron chi connectivity index (χ3n) is 12.3. The number of hydrogen-bond acceptors (Lipinski definition) is 7. The van der Waals surface area contributed by atoms with Gasteiger partial charge in [0.1, 0.15) is 0 Å². The van der Waals surface area contributed by atoms with Gasteiger partial charge in [-0.2, -0.15) is 0 Å². The van der Waals surface area contributed by atoms with Crippen LogP contribution in [0.2, 0.25) is 10.0 Å². The van der Waals surface area contributed by atoms with Gasteiger partial charge in [0.2, 0.25) is 5.91 Å². The van der Waals surface area contributed by atoms with Crippen LogP contribution in [-0.4, -0.2) is 67.9 Å². The van der Waals surface area contributed by atoms with Gasteiger partial charge in [0.05, 0.1) is 29.4 Å². The number of carbonyl (C=O) groups excluding carboxylic acids is 1. The topological polar surface area (TPSA) is 112 Å². The molecule has 1 amide bonds. The first-order chi connectivity index (χ1) is 28.6. The number of rotatable bonds is 6. The van der Waals surface area contributed by atoms with Crippen LogP contribution in [0.15, 0.2) is 94.4 Å².